The molecular weight excluding hydrogens is 477 g/mol. The molecule has 0 saturated heterocycles. The van der Waals surface area contributed by atoms with E-state index in [4.69, 9.17) is 31.8 Å². The van der Waals surface area contributed by atoms with Gasteiger partial charge >= 0.3 is 18.2 Å². The number of carboxylic acid groups (broad SMARTS) is 1. The van der Waals surface area contributed by atoms with Crippen molar-refractivity contribution in [2.24, 2.45) is 17.2 Å². The third-order valence-corrected chi connectivity index (χ3v) is 4.33. The third kappa shape index (κ3) is 13.8. The smallest absolute Gasteiger partial charge is 0.475 e. The van der Waals surface area contributed by atoms with E-state index in [1.807, 2.05) is 7.05 Å². The summed E-state index contributed by atoms with van der Waals surface area (Å²) < 4.78 is 37.0. The summed E-state index contributed by atoms with van der Waals surface area (Å²) in [6.07, 6.45) is -5.02. The summed E-state index contributed by atoms with van der Waals surface area (Å²) in [4.78, 5) is 45.2. The van der Waals surface area contributed by atoms with Gasteiger partial charge in [-0.05, 0) is 37.6 Å². The number of halogens is 3. The molecule has 1 rings (SSSR count). The van der Waals surface area contributed by atoms with Crippen molar-refractivity contribution >= 4 is 29.6 Å². The van der Waals surface area contributed by atoms with Crippen LogP contribution in [0.1, 0.15) is 18.4 Å². The molecule has 1 aromatic carbocycles. The summed E-state index contributed by atoms with van der Waals surface area (Å²) >= 11 is 0. The number of aliphatic carboxylic acids is 1. The number of benzene rings is 1. The average molecular weight is 508 g/mol. The van der Waals surface area contributed by atoms with Gasteiger partial charge in [0.15, 0.2) is 0 Å². The minimum atomic E-state index is -5.08. The van der Waals surface area contributed by atoms with Crippen molar-refractivity contribution in [3.63, 3.8) is 0 Å². The molecule has 0 spiro atoms. The van der Waals surface area contributed by atoms with Crippen LogP contribution in [-0.4, -0.2) is 79.3 Å². The maximum Gasteiger partial charge on any atom is 0.490 e. The number of carboxylic acids is 1. The van der Waals surface area contributed by atoms with Crippen molar-refractivity contribution < 1.29 is 42.2 Å². The average Bonchev–Trinajstić information content (AvgIpc) is 2.79. The molecule has 198 valence electrons. The highest BCUT2D eigenvalue weighted by molar-refractivity contribution is 5.94. The Bertz CT molecular complexity index is 838. The first-order chi connectivity index (χ1) is 16.2. The summed E-state index contributed by atoms with van der Waals surface area (Å²) in [5, 5.41) is 12.8. The van der Waals surface area contributed by atoms with Crippen LogP contribution in [-0.2, 0) is 25.7 Å². The van der Waals surface area contributed by atoms with Gasteiger partial charge in [0.05, 0.1) is 12.1 Å². The SMILES string of the molecule is CNCCN(C)C(=O)OCc1ccc(NC(=O)[C@@H](N)CCC(N)C(N)=O)cc1.O=C(O)C(F)(F)F. The Morgan fingerprint density at radius 3 is 2.06 bits per heavy atom. The fourth-order valence-corrected chi connectivity index (χ4v) is 2.18. The van der Waals surface area contributed by atoms with E-state index in [0.29, 0.717) is 18.8 Å². The second kappa shape index (κ2) is 15.5. The zero-order valence-electron chi connectivity index (χ0n) is 19.3. The molecule has 35 heavy (non-hydrogen) atoms. The van der Waals surface area contributed by atoms with Gasteiger partial charge in [-0.3, -0.25) is 9.59 Å². The molecule has 9 N–H and O–H groups in total. The van der Waals surface area contributed by atoms with Gasteiger partial charge in [-0.15, -0.1) is 0 Å². The number of alkyl halides is 3. The van der Waals surface area contributed by atoms with Crippen molar-refractivity contribution in [3.05, 3.63) is 29.8 Å². The van der Waals surface area contributed by atoms with Crippen LogP contribution in [0.25, 0.3) is 0 Å². The lowest BCUT2D eigenvalue weighted by Crippen LogP contribution is -2.40. The Kier molecular flexibility index (Phi) is 14.0. The number of hydrogen-bond acceptors (Lipinski definition) is 8. The Labute approximate surface area is 199 Å². The van der Waals surface area contributed by atoms with Crippen LogP contribution in [0.5, 0.6) is 0 Å². The Morgan fingerprint density at radius 1 is 1.09 bits per heavy atom. The number of rotatable bonds is 11. The van der Waals surface area contributed by atoms with Gasteiger partial charge in [0.1, 0.15) is 6.61 Å². The molecule has 1 aromatic rings. The Hall–Kier alpha value is -3.43. The van der Waals surface area contributed by atoms with Gasteiger partial charge in [-0.1, -0.05) is 12.1 Å². The first-order valence-corrected chi connectivity index (χ1v) is 10.2. The summed E-state index contributed by atoms with van der Waals surface area (Å²) in [5.41, 5.74) is 17.7. The molecule has 2 atom stereocenters. The number of nitrogens with two attached hydrogens (primary N) is 3. The van der Waals surface area contributed by atoms with E-state index in [9.17, 15) is 27.6 Å². The molecule has 0 aliphatic carbocycles. The molecule has 0 aromatic heterocycles. The molecule has 0 radical (unpaired) electrons. The molecule has 0 aliphatic rings. The van der Waals surface area contributed by atoms with Gasteiger partial charge in [-0.2, -0.15) is 13.2 Å². The normalized spacial score (nSPS) is 12.4. The Balaban J connectivity index is 0.00000143. The second-order valence-electron chi connectivity index (χ2n) is 7.26. The number of carbonyl (C=O) groups excluding carboxylic acids is 3. The van der Waals surface area contributed by atoms with Crippen LogP contribution in [0.3, 0.4) is 0 Å². The lowest BCUT2D eigenvalue weighted by atomic mass is 10.1. The van der Waals surface area contributed by atoms with E-state index in [2.05, 4.69) is 10.6 Å². The maximum absolute atomic E-state index is 12.1. The number of likely N-dealkylation sites (N-methyl/N-ethyl adjacent to an activating group) is 2. The standard InChI is InChI=1S/C18H30N6O4.C2HF3O2/c1-22-9-10-24(2)18(27)28-11-12-3-5-13(6-4-12)23-17(26)15(20)8-7-14(19)16(21)25;3-2(4,5)1(6)7/h3-6,14-15,22H,7-11,19-20H2,1-2H3,(H2,21,25)(H,23,26);(H,6,7)/t14?,15-;/m0./s1. The minimum Gasteiger partial charge on any atom is -0.475 e. The number of carbonyl (C=O) groups is 4. The molecule has 0 fully saturated rings. The van der Waals surface area contributed by atoms with Crippen molar-refractivity contribution in [2.75, 3.05) is 32.5 Å². The zero-order chi connectivity index (χ0) is 27.2. The predicted octanol–water partition coefficient (Wildman–Crippen LogP) is -0.0337. The number of primary amides is 1. The molecule has 1 unspecified atom stereocenters. The molecular formula is C20H31F3N6O6. The van der Waals surface area contributed by atoms with Gasteiger partial charge < -0.3 is 42.6 Å². The largest absolute Gasteiger partial charge is 0.490 e. The second-order valence-corrected chi connectivity index (χ2v) is 7.26. The van der Waals surface area contributed by atoms with Crippen molar-refractivity contribution in [3.8, 4) is 0 Å². The summed E-state index contributed by atoms with van der Waals surface area (Å²) in [7, 11) is 3.47. The number of nitrogens with one attached hydrogen (secondary N) is 2. The molecule has 0 bridgehead atoms. The Morgan fingerprint density at radius 2 is 1.60 bits per heavy atom. The van der Waals surface area contributed by atoms with E-state index in [1.54, 1.807) is 31.3 Å². The maximum atomic E-state index is 12.1. The van der Waals surface area contributed by atoms with Gasteiger partial charge in [-0.25, -0.2) is 9.59 Å². The van der Waals surface area contributed by atoms with Crippen LogP contribution >= 0.6 is 0 Å². The van der Waals surface area contributed by atoms with Crippen LogP contribution < -0.4 is 27.8 Å². The monoisotopic (exact) mass is 508 g/mol. The van der Waals surface area contributed by atoms with Crippen LogP contribution in [0.15, 0.2) is 24.3 Å². The molecule has 3 amide bonds. The van der Waals surface area contributed by atoms with Gasteiger partial charge in [0.25, 0.3) is 0 Å². The lowest BCUT2D eigenvalue weighted by Gasteiger charge is -2.17. The van der Waals surface area contributed by atoms with Crippen LogP contribution in [0.2, 0.25) is 0 Å². The number of nitrogens with zero attached hydrogens (tertiary/aromatic N) is 1. The van der Waals surface area contributed by atoms with E-state index < -0.39 is 36.2 Å². The minimum absolute atomic E-state index is 0.126. The lowest BCUT2D eigenvalue weighted by molar-refractivity contribution is -0.192. The number of ether oxygens (including phenoxy) is 1. The van der Waals surface area contributed by atoms with Gasteiger partial charge in [0, 0.05) is 25.8 Å². The van der Waals surface area contributed by atoms with Crippen molar-refractivity contribution in [1.29, 1.82) is 0 Å². The summed E-state index contributed by atoms with van der Waals surface area (Å²) in [5.74, 6) is -3.77. The molecule has 0 saturated carbocycles. The zero-order valence-corrected chi connectivity index (χ0v) is 19.3. The van der Waals surface area contributed by atoms with Crippen LogP contribution in [0.4, 0.5) is 23.7 Å². The van der Waals surface area contributed by atoms with Crippen molar-refractivity contribution in [1.82, 2.24) is 10.2 Å². The van der Waals surface area contributed by atoms with E-state index in [0.717, 1.165) is 5.56 Å². The fourth-order valence-electron chi connectivity index (χ4n) is 2.18. The predicted molar refractivity (Wildman–Crippen MR) is 120 cm³/mol. The van der Waals surface area contributed by atoms with Crippen molar-refractivity contribution in [2.45, 2.75) is 37.7 Å². The first kappa shape index (κ1) is 31.6. The fraction of sp³-hybridized carbons (Fsp3) is 0.500. The topological polar surface area (TPSA) is 203 Å². The highest BCUT2D eigenvalue weighted by atomic mass is 19.4. The molecule has 12 nitrogen and oxygen atoms in total. The molecule has 0 heterocycles. The van der Waals surface area contributed by atoms with E-state index >= 15 is 0 Å². The van der Waals surface area contributed by atoms with Crippen LogP contribution in [0, 0.1) is 0 Å². The van der Waals surface area contributed by atoms with Gasteiger partial charge in [0.2, 0.25) is 11.8 Å². The third-order valence-electron chi connectivity index (χ3n) is 4.33. The summed E-state index contributed by atoms with van der Waals surface area (Å²) in [6.45, 7) is 1.35. The van der Waals surface area contributed by atoms with E-state index in [-0.39, 0.29) is 25.4 Å². The molecule has 0 aliphatic heterocycles. The number of anilines is 1. The molecule has 15 heteroatoms. The first-order valence-electron chi connectivity index (χ1n) is 10.2. The van der Waals surface area contributed by atoms with E-state index in [1.165, 1.54) is 4.90 Å². The number of amides is 3. The quantitative estimate of drug-likeness (QED) is 0.237. The highest BCUT2D eigenvalue weighted by Crippen LogP contribution is 2.13. The summed E-state index contributed by atoms with van der Waals surface area (Å²) in [6, 6.07) is 5.23. The highest BCUT2D eigenvalue weighted by Gasteiger charge is 2.38. The number of hydrogen-bond donors (Lipinski definition) is 6.